The summed E-state index contributed by atoms with van der Waals surface area (Å²) in [4.78, 5) is 0. The van der Waals surface area contributed by atoms with Crippen LogP contribution in [0.25, 0.3) is 0 Å². The molecule has 2 rings (SSSR count). The highest BCUT2D eigenvalue weighted by Gasteiger charge is 2.07. The highest BCUT2D eigenvalue weighted by atomic mass is 35.5. The molecule has 0 fully saturated rings. The monoisotopic (exact) mass is 383 g/mol. The summed E-state index contributed by atoms with van der Waals surface area (Å²) in [5.41, 5.74) is 2.28. The maximum atomic E-state index is 5.93. The molecule has 2 aromatic rings. The third-order valence-corrected chi connectivity index (χ3v) is 3.90. The smallest absolute Gasteiger partial charge is 0.161 e. The molecule has 0 aliphatic carbocycles. The Kier molecular flexibility index (Phi) is 10.4. The minimum Gasteiger partial charge on any atom is -0.490 e. The molecule has 1 N–H and O–H groups in total. The molecule has 0 atom stereocenters. The molecule has 0 aliphatic rings. The molecule has 5 heteroatoms. The summed E-state index contributed by atoms with van der Waals surface area (Å²) >= 11 is 5.91. The van der Waals surface area contributed by atoms with E-state index in [-0.39, 0.29) is 12.4 Å². The first-order valence-electron chi connectivity index (χ1n) is 8.56. The van der Waals surface area contributed by atoms with Gasteiger partial charge < -0.3 is 14.8 Å². The molecule has 0 aliphatic heterocycles. The number of rotatable bonds is 10. The van der Waals surface area contributed by atoms with E-state index in [1.807, 2.05) is 37.3 Å². The molecule has 0 bridgehead atoms. The first-order chi connectivity index (χ1) is 11.7. The second-order valence-electron chi connectivity index (χ2n) is 5.66. The van der Waals surface area contributed by atoms with E-state index >= 15 is 0 Å². The summed E-state index contributed by atoms with van der Waals surface area (Å²) < 4.78 is 11.7. The van der Waals surface area contributed by atoms with Crippen molar-refractivity contribution in [1.29, 1.82) is 0 Å². The summed E-state index contributed by atoms with van der Waals surface area (Å²) in [5.74, 6) is 1.56. The minimum absolute atomic E-state index is 0. The first-order valence-corrected chi connectivity index (χ1v) is 8.94. The van der Waals surface area contributed by atoms with Crippen molar-refractivity contribution < 1.29 is 9.47 Å². The lowest BCUT2D eigenvalue weighted by Gasteiger charge is -2.14. The Labute approximate surface area is 162 Å². The van der Waals surface area contributed by atoms with Gasteiger partial charge in [0.15, 0.2) is 11.5 Å². The van der Waals surface area contributed by atoms with Crippen molar-refractivity contribution in [2.45, 2.75) is 39.8 Å². The number of benzene rings is 2. The lowest BCUT2D eigenvalue weighted by atomic mass is 10.2. The third kappa shape index (κ3) is 7.55. The molecule has 0 amide bonds. The predicted octanol–water partition coefficient (Wildman–Crippen LogP) is 5.63. The summed E-state index contributed by atoms with van der Waals surface area (Å²) in [6.45, 7) is 7.17. The molecular formula is C20H27Cl2NO2. The normalized spacial score (nSPS) is 10.2. The van der Waals surface area contributed by atoms with Crippen LogP contribution in [0.1, 0.15) is 37.8 Å². The Morgan fingerprint density at radius 1 is 0.920 bits per heavy atom. The molecule has 0 saturated carbocycles. The number of unbranched alkanes of at least 4 members (excludes halogenated alkanes) is 1. The van der Waals surface area contributed by atoms with Gasteiger partial charge in [-0.25, -0.2) is 0 Å². The molecule has 0 spiro atoms. The van der Waals surface area contributed by atoms with Crippen molar-refractivity contribution in [3.05, 3.63) is 58.6 Å². The molecule has 2 aromatic carbocycles. The van der Waals surface area contributed by atoms with Crippen LogP contribution >= 0.6 is 24.0 Å². The molecule has 3 nitrogen and oxygen atoms in total. The van der Waals surface area contributed by atoms with Crippen LogP contribution in [0, 0.1) is 0 Å². The standard InChI is InChI=1S/C20H26ClNO2.ClH/c1-3-5-12-22-14-17-8-11-19(20(13-17)23-4-2)24-15-16-6-9-18(21)10-7-16;/h6-11,13,22H,3-5,12,14-15H2,1-2H3;1H. The largest absolute Gasteiger partial charge is 0.490 e. The second-order valence-corrected chi connectivity index (χ2v) is 6.10. The van der Waals surface area contributed by atoms with Crippen molar-refractivity contribution in [2.24, 2.45) is 0 Å². The minimum atomic E-state index is 0. The van der Waals surface area contributed by atoms with Gasteiger partial charge in [-0.2, -0.15) is 0 Å². The second kappa shape index (κ2) is 12.0. The SMILES string of the molecule is CCCCNCc1ccc(OCc2ccc(Cl)cc2)c(OCC)c1.Cl. The average molecular weight is 384 g/mol. The van der Waals surface area contributed by atoms with Crippen LogP contribution in [0.15, 0.2) is 42.5 Å². The van der Waals surface area contributed by atoms with Crippen LogP contribution in [0.2, 0.25) is 5.02 Å². The molecule has 138 valence electrons. The van der Waals surface area contributed by atoms with Crippen molar-refractivity contribution in [3.63, 3.8) is 0 Å². The van der Waals surface area contributed by atoms with E-state index in [9.17, 15) is 0 Å². The molecule has 0 saturated heterocycles. The van der Waals surface area contributed by atoms with Gasteiger partial charge in [0.2, 0.25) is 0 Å². The highest BCUT2D eigenvalue weighted by Crippen LogP contribution is 2.29. The highest BCUT2D eigenvalue weighted by molar-refractivity contribution is 6.30. The Balaban J connectivity index is 0.00000312. The van der Waals surface area contributed by atoms with Crippen LogP contribution in [0.5, 0.6) is 11.5 Å². The Morgan fingerprint density at radius 2 is 1.64 bits per heavy atom. The lowest BCUT2D eigenvalue weighted by Crippen LogP contribution is -2.14. The van der Waals surface area contributed by atoms with Gasteiger partial charge >= 0.3 is 0 Å². The fourth-order valence-corrected chi connectivity index (χ4v) is 2.45. The maximum absolute atomic E-state index is 5.93. The molecule has 0 aromatic heterocycles. The van der Waals surface area contributed by atoms with Crippen molar-refractivity contribution in [1.82, 2.24) is 5.32 Å². The van der Waals surface area contributed by atoms with Gasteiger partial charge in [0.05, 0.1) is 6.61 Å². The van der Waals surface area contributed by atoms with Crippen LogP contribution in [-0.2, 0) is 13.2 Å². The van der Waals surface area contributed by atoms with Crippen molar-refractivity contribution >= 4 is 24.0 Å². The van der Waals surface area contributed by atoms with Gasteiger partial charge in [0, 0.05) is 11.6 Å². The molecule has 0 radical (unpaired) electrons. The molecule has 25 heavy (non-hydrogen) atoms. The van der Waals surface area contributed by atoms with E-state index in [4.69, 9.17) is 21.1 Å². The number of halogens is 2. The Morgan fingerprint density at radius 3 is 2.32 bits per heavy atom. The number of nitrogens with one attached hydrogen (secondary N) is 1. The zero-order valence-corrected chi connectivity index (χ0v) is 16.5. The molecular weight excluding hydrogens is 357 g/mol. The van der Waals surface area contributed by atoms with E-state index in [1.54, 1.807) is 0 Å². The first kappa shape index (κ1) is 21.6. The van der Waals surface area contributed by atoms with Crippen molar-refractivity contribution in [2.75, 3.05) is 13.2 Å². The van der Waals surface area contributed by atoms with Crippen LogP contribution in [0.4, 0.5) is 0 Å². The van der Waals surface area contributed by atoms with Gasteiger partial charge in [-0.15, -0.1) is 12.4 Å². The maximum Gasteiger partial charge on any atom is 0.161 e. The van der Waals surface area contributed by atoms with Crippen LogP contribution in [-0.4, -0.2) is 13.2 Å². The zero-order valence-electron chi connectivity index (χ0n) is 14.9. The van der Waals surface area contributed by atoms with Gasteiger partial charge in [-0.05, 0) is 55.3 Å². The van der Waals surface area contributed by atoms with Crippen molar-refractivity contribution in [3.8, 4) is 11.5 Å². The van der Waals surface area contributed by atoms with Gasteiger partial charge in [-0.3, -0.25) is 0 Å². The summed E-state index contributed by atoms with van der Waals surface area (Å²) in [6.07, 6.45) is 2.40. The Bertz CT molecular complexity index is 618. The summed E-state index contributed by atoms with van der Waals surface area (Å²) in [5, 5.41) is 4.18. The topological polar surface area (TPSA) is 30.5 Å². The van der Waals surface area contributed by atoms with E-state index in [0.29, 0.717) is 13.2 Å². The quantitative estimate of drug-likeness (QED) is 0.539. The number of ether oxygens (including phenoxy) is 2. The predicted molar refractivity (Wildman–Crippen MR) is 107 cm³/mol. The fraction of sp³-hybridized carbons (Fsp3) is 0.400. The van der Waals surface area contributed by atoms with E-state index in [2.05, 4.69) is 24.4 Å². The summed E-state index contributed by atoms with van der Waals surface area (Å²) in [7, 11) is 0. The fourth-order valence-electron chi connectivity index (χ4n) is 2.33. The Hall–Kier alpha value is -1.42. The molecule has 0 unspecified atom stereocenters. The molecule has 0 heterocycles. The van der Waals surface area contributed by atoms with Gasteiger partial charge in [0.1, 0.15) is 6.61 Å². The van der Waals surface area contributed by atoms with Crippen LogP contribution in [0.3, 0.4) is 0 Å². The average Bonchev–Trinajstić information content (AvgIpc) is 2.60. The zero-order chi connectivity index (χ0) is 17.2. The number of hydrogen-bond acceptors (Lipinski definition) is 3. The van der Waals surface area contributed by atoms with Gasteiger partial charge in [0.25, 0.3) is 0 Å². The van der Waals surface area contributed by atoms with E-state index < -0.39 is 0 Å². The van der Waals surface area contributed by atoms with E-state index in [0.717, 1.165) is 35.2 Å². The lowest BCUT2D eigenvalue weighted by molar-refractivity contribution is 0.269. The van der Waals surface area contributed by atoms with Crippen LogP contribution < -0.4 is 14.8 Å². The summed E-state index contributed by atoms with van der Waals surface area (Å²) in [6, 6.07) is 13.8. The third-order valence-electron chi connectivity index (χ3n) is 3.65. The van der Waals surface area contributed by atoms with E-state index in [1.165, 1.54) is 18.4 Å². The number of hydrogen-bond donors (Lipinski definition) is 1. The van der Waals surface area contributed by atoms with Gasteiger partial charge in [-0.1, -0.05) is 43.1 Å².